The van der Waals surface area contributed by atoms with Gasteiger partial charge in [-0.2, -0.15) is 0 Å². The Hall–Kier alpha value is -4.24. The van der Waals surface area contributed by atoms with Crippen molar-refractivity contribution in [1.29, 1.82) is 0 Å². The minimum absolute atomic E-state index is 0.123. The second-order valence-corrected chi connectivity index (χ2v) is 9.76. The summed E-state index contributed by atoms with van der Waals surface area (Å²) in [6.45, 7) is 1.42. The molecule has 0 bridgehead atoms. The SMILES string of the molecule is CCCCNC(=O)CN(Cc1ccc(CNC(=O)c2ccc(F)c(B(O)O)c2F)cc1)C(=O)c1ccc(F)c(B(O)O)c1F. The number of carbonyl (C=O) groups is 3. The van der Waals surface area contributed by atoms with E-state index in [2.05, 4.69) is 10.6 Å². The van der Waals surface area contributed by atoms with Crippen molar-refractivity contribution >= 4 is 42.9 Å². The molecule has 3 aromatic rings. The molecule has 0 unspecified atom stereocenters. The predicted octanol–water partition coefficient (Wildman–Crippen LogP) is 0.0913. The van der Waals surface area contributed by atoms with E-state index in [-0.39, 0.29) is 13.1 Å². The first-order valence-corrected chi connectivity index (χ1v) is 13.5. The lowest BCUT2D eigenvalue weighted by Gasteiger charge is -2.23. The van der Waals surface area contributed by atoms with Crippen LogP contribution in [0.3, 0.4) is 0 Å². The van der Waals surface area contributed by atoms with Crippen LogP contribution in [-0.4, -0.2) is 70.0 Å². The van der Waals surface area contributed by atoms with Gasteiger partial charge in [0.05, 0.1) is 22.1 Å². The van der Waals surface area contributed by atoms with Crippen LogP contribution in [0, 0.1) is 23.3 Å². The van der Waals surface area contributed by atoms with Crippen LogP contribution in [0.15, 0.2) is 48.5 Å². The summed E-state index contributed by atoms with van der Waals surface area (Å²) in [5, 5.41) is 42.2. The van der Waals surface area contributed by atoms with Crippen LogP contribution in [0.2, 0.25) is 0 Å². The van der Waals surface area contributed by atoms with E-state index >= 15 is 0 Å². The Morgan fingerprint density at radius 2 is 1.27 bits per heavy atom. The van der Waals surface area contributed by atoms with E-state index in [1.165, 1.54) is 0 Å². The Balaban J connectivity index is 1.77. The molecule has 0 aliphatic rings. The zero-order valence-corrected chi connectivity index (χ0v) is 23.5. The summed E-state index contributed by atoms with van der Waals surface area (Å²) in [7, 11) is -4.99. The molecule has 0 aromatic heterocycles. The highest BCUT2D eigenvalue weighted by molar-refractivity contribution is 6.59. The average Bonchev–Trinajstić information content (AvgIpc) is 2.96. The van der Waals surface area contributed by atoms with Crippen LogP contribution < -0.4 is 21.6 Å². The quantitative estimate of drug-likeness (QED) is 0.0902. The third-order valence-electron chi connectivity index (χ3n) is 6.57. The van der Waals surface area contributed by atoms with Gasteiger partial charge in [0.1, 0.15) is 29.8 Å². The smallest absolute Gasteiger partial charge is 0.423 e. The Labute approximate surface area is 250 Å². The lowest BCUT2D eigenvalue weighted by Crippen LogP contribution is -2.42. The standard InChI is InChI=1S/C28H29B2F4N3O7/c1-2-3-12-35-22(38)15-37(28(40)19-9-11-21(32)24(26(19)34)30(43)44)14-17-6-4-16(5-7-17)13-36-27(39)18-8-10-20(31)23(25(18)33)29(41)42/h4-11,41-44H,2-3,12-15H2,1H3,(H,35,38)(H,36,39). The van der Waals surface area contributed by atoms with Gasteiger partial charge in [0.2, 0.25) is 5.91 Å². The number of hydrogen-bond donors (Lipinski definition) is 6. The molecule has 16 heteroatoms. The third kappa shape index (κ3) is 8.44. The number of rotatable bonds is 13. The summed E-state index contributed by atoms with van der Waals surface area (Å²) in [6, 6.07) is 9.29. The van der Waals surface area contributed by atoms with E-state index < -0.39 is 83.8 Å². The van der Waals surface area contributed by atoms with Gasteiger partial charge >= 0.3 is 14.2 Å². The molecule has 0 saturated heterocycles. The number of amides is 3. The molecule has 0 fully saturated rings. The molecule has 3 amide bonds. The van der Waals surface area contributed by atoms with Crippen LogP contribution in [0.5, 0.6) is 0 Å². The molecule has 0 spiro atoms. The fraction of sp³-hybridized carbons (Fsp3) is 0.250. The van der Waals surface area contributed by atoms with E-state index in [0.717, 1.165) is 29.5 Å². The van der Waals surface area contributed by atoms with Gasteiger partial charge in [-0.1, -0.05) is 37.6 Å². The average molecular weight is 617 g/mol. The van der Waals surface area contributed by atoms with Crippen LogP contribution in [0.4, 0.5) is 17.6 Å². The number of halogens is 4. The van der Waals surface area contributed by atoms with Crippen molar-refractivity contribution in [3.63, 3.8) is 0 Å². The third-order valence-corrected chi connectivity index (χ3v) is 6.57. The van der Waals surface area contributed by atoms with Crippen molar-refractivity contribution in [2.45, 2.75) is 32.9 Å². The molecule has 3 rings (SSSR count). The van der Waals surface area contributed by atoms with Crippen LogP contribution in [0.1, 0.15) is 51.6 Å². The van der Waals surface area contributed by atoms with Gasteiger partial charge < -0.3 is 35.6 Å². The minimum atomic E-state index is -2.52. The summed E-state index contributed by atoms with van der Waals surface area (Å²) in [5.41, 5.74) is -2.50. The summed E-state index contributed by atoms with van der Waals surface area (Å²) in [4.78, 5) is 39.3. The maximum absolute atomic E-state index is 14.9. The Morgan fingerprint density at radius 3 is 1.82 bits per heavy atom. The van der Waals surface area contributed by atoms with Crippen molar-refractivity contribution < 1.29 is 52.0 Å². The van der Waals surface area contributed by atoms with Crippen molar-refractivity contribution in [3.05, 3.63) is 94.1 Å². The van der Waals surface area contributed by atoms with Gasteiger partial charge in [0.25, 0.3) is 11.8 Å². The van der Waals surface area contributed by atoms with E-state index in [0.29, 0.717) is 30.2 Å². The van der Waals surface area contributed by atoms with Gasteiger partial charge in [-0.25, -0.2) is 17.6 Å². The van der Waals surface area contributed by atoms with E-state index in [1.807, 2.05) is 6.92 Å². The number of hydrogen-bond acceptors (Lipinski definition) is 7. The van der Waals surface area contributed by atoms with Crippen LogP contribution >= 0.6 is 0 Å². The second-order valence-electron chi connectivity index (χ2n) is 9.76. The molecule has 0 aliphatic heterocycles. The fourth-order valence-electron chi connectivity index (χ4n) is 4.22. The van der Waals surface area contributed by atoms with Crippen LogP contribution in [-0.2, 0) is 17.9 Å². The summed E-state index contributed by atoms with van der Waals surface area (Å²) >= 11 is 0. The number of carbonyl (C=O) groups excluding carboxylic acids is 3. The molecule has 0 aliphatic carbocycles. The van der Waals surface area contributed by atoms with E-state index in [4.69, 9.17) is 0 Å². The first-order valence-electron chi connectivity index (χ1n) is 13.5. The molecule has 6 N–H and O–H groups in total. The highest BCUT2D eigenvalue weighted by atomic mass is 19.1. The van der Waals surface area contributed by atoms with E-state index in [1.54, 1.807) is 24.3 Å². The summed E-state index contributed by atoms with van der Waals surface area (Å²) < 4.78 is 57.1. The van der Waals surface area contributed by atoms with Crippen molar-refractivity contribution in [3.8, 4) is 0 Å². The van der Waals surface area contributed by atoms with Gasteiger partial charge in [-0.15, -0.1) is 0 Å². The normalized spacial score (nSPS) is 10.8. The zero-order valence-electron chi connectivity index (χ0n) is 23.5. The Bertz CT molecular complexity index is 1510. The fourth-order valence-corrected chi connectivity index (χ4v) is 4.22. The van der Waals surface area contributed by atoms with Gasteiger partial charge in [-0.05, 0) is 41.8 Å². The second kappa shape index (κ2) is 15.5. The van der Waals surface area contributed by atoms with Crippen molar-refractivity contribution in [1.82, 2.24) is 15.5 Å². The van der Waals surface area contributed by atoms with Crippen LogP contribution in [0.25, 0.3) is 0 Å². The van der Waals surface area contributed by atoms with Gasteiger partial charge in [0, 0.05) is 19.6 Å². The summed E-state index contributed by atoms with van der Waals surface area (Å²) in [5.74, 6) is -7.91. The first kappa shape index (κ1) is 34.3. The number of nitrogens with zero attached hydrogens (tertiary/aromatic N) is 1. The Kier molecular flexibility index (Phi) is 12.0. The molecule has 0 heterocycles. The van der Waals surface area contributed by atoms with Gasteiger partial charge in [0.15, 0.2) is 0 Å². The molecule has 10 nitrogen and oxygen atoms in total. The van der Waals surface area contributed by atoms with E-state index in [9.17, 15) is 52.0 Å². The molecular weight excluding hydrogens is 588 g/mol. The summed E-state index contributed by atoms with van der Waals surface area (Å²) in [6.07, 6.45) is 1.48. The molecule has 0 saturated carbocycles. The highest BCUT2D eigenvalue weighted by Gasteiger charge is 2.30. The molecule has 3 aromatic carbocycles. The molecule has 0 radical (unpaired) electrons. The lowest BCUT2D eigenvalue weighted by atomic mass is 9.78. The number of nitrogens with one attached hydrogen (secondary N) is 2. The molecule has 0 atom stereocenters. The molecular formula is C28H29B2F4N3O7. The first-order chi connectivity index (χ1) is 20.8. The zero-order chi connectivity index (χ0) is 32.6. The molecule has 232 valence electrons. The molecule has 44 heavy (non-hydrogen) atoms. The Morgan fingerprint density at radius 1 is 0.750 bits per heavy atom. The topological polar surface area (TPSA) is 159 Å². The predicted molar refractivity (Wildman–Crippen MR) is 153 cm³/mol. The van der Waals surface area contributed by atoms with Crippen molar-refractivity contribution in [2.24, 2.45) is 0 Å². The van der Waals surface area contributed by atoms with Gasteiger partial charge in [-0.3, -0.25) is 14.4 Å². The lowest BCUT2D eigenvalue weighted by molar-refractivity contribution is -0.121. The largest absolute Gasteiger partial charge is 0.494 e. The number of unbranched alkanes of at least 4 members (excludes halogenated alkanes) is 1. The maximum Gasteiger partial charge on any atom is 0.494 e. The highest BCUT2D eigenvalue weighted by Crippen LogP contribution is 2.16. The maximum atomic E-state index is 14.9. The monoisotopic (exact) mass is 617 g/mol. The minimum Gasteiger partial charge on any atom is -0.423 e. The number of benzene rings is 3. The van der Waals surface area contributed by atoms with Crippen molar-refractivity contribution in [2.75, 3.05) is 13.1 Å².